The van der Waals surface area contributed by atoms with Crippen molar-refractivity contribution < 1.29 is 18.9 Å². The number of ether oxygens (including phenoxy) is 4. The van der Waals surface area contributed by atoms with Gasteiger partial charge in [0.15, 0.2) is 0 Å². The van der Waals surface area contributed by atoms with Gasteiger partial charge in [-0.2, -0.15) is 0 Å². The Hall–Kier alpha value is -1.56. The molecule has 0 atom stereocenters. The van der Waals surface area contributed by atoms with Crippen molar-refractivity contribution in [2.75, 3.05) is 52.0 Å². The summed E-state index contributed by atoms with van der Waals surface area (Å²) in [5, 5.41) is 0. The van der Waals surface area contributed by atoms with Crippen LogP contribution in [0, 0.1) is 0 Å². The second kappa shape index (κ2) is 11.3. The highest BCUT2D eigenvalue weighted by atomic mass is 16.6. The largest absolute Gasteiger partial charge is 0.491 e. The first-order valence-corrected chi connectivity index (χ1v) is 6.65. The normalized spacial score (nSPS) is 10.4. The van der Waals surface area contributed by atoms with Gasteiger partial charge in [-0.25, -0.2) is 0 Å². The van der Waals surface area contributed by atoms with Gasteiger partial charge in [-0.1, -0.05) is 6.08 Å². The third kappa shape index (κ3) is 8.53. The number of rotatable bonds is 12. The van der Waals surface area contributed by atoms with Gasteiger partial charge in [0.1, 0.15) is 12.4 Å². The summed E-state index contributed by atoms with van der Waals surface area (Å²) in [6, 6.07) is 7.28. The summed E-state index contributed by atoms with van der Waals surface area (Å²) < 4.78 is 21.3. The smallest absolute Gasteiger partial charge is 0.119 e. The second-order valence-corrected chi connectivity index (χ2v) is 4.01. The van der Waals surface area contributed by atoms with Crippen LogP contribution in [0.2, 0.25) is 0 Å². The molecule has 1 aromatic carbocycles. The van der Waals surface area contributed by atoms with E-state index in [1.54, 1.807) is 18.2 Å². The third-order valence-corrected chi connectivity index (χ3v) is 2.36. The lowest BCUT2D eigenvalue weighted by Crippen LogP contribution is -2.12. The van der Waals surface area contributed by atoms with Gasteiger partial charge >= 0.3 is 0 Å². The van der Waals surface area contributed by atoms with Crippen LogP contribution < -0.4 is 10.5 Å². The lowest BCUT2D eigenvalue weighted by Gasteiger charge is -2.08. The lowest BCUT2D eigenvalue weighted by atomic mass is 10.3. The first-order chi connectivity index (χ1) is 9.83. The molecule has 2 N–H and O–H groups in total. The molecule has 0 unspecified atom stereocenters. The van der Waals surface area contributed by atoms with Gasteiger partial charge in [-0.3, -0.25) is 0 Å². The number of hydrogen-bond donors (Lipinski definition) is 1. The van der Waals surface area contributed by atoms with Crippen LogP contribution in [0.15, 0.2) is 36.9 Å². The lowest BCUT2D eigenvalue weighted by molar-refractivity contribution is 0.0135. The minimum Gasteiger partial charge on any atom is -0.491 e. The summed E-state index contributed by atoms with van der Waals surface area (Å²) in [5.41, 5.74) is 6.30. The summed E-state index contributed by atoms with van der Waals surface area (Å²) >= 11 is 0. The van der Waals surface area contributed by atoms with Crippen molar-refractivity contribution >= 4 is 5.69 Å². The predicted octanol–water partition coefficient (Wildman–Crippen LogP) is 1.88. The molecule has 1 rings (SSSR count). The van der Waals surface area contributed by atoms with Crippen molar-refractivity contribution in [1.29, 1.82) is 0 Å². The Kier molecular flexibility index (Phi) is 9.30. The zero-order valence-electron chi connectivity index (χ0n) is 11.8. The third-order valence-electron chi connectivity index (χ3n) is 2.36. The fourth-order valence-corrected chi connectivity index (χ4v) is 1.39. The average Bonchev–Trinajstić information content (AvgIpc) is 2.47. The molecule has 0 radical (unpaired) electrons. The first-order valence-electron chi connectivity index (χ1n) is 6.65. The van der Waals surface area contributed by atoms with E-state index in [-0.39, 0.29) is 0 Å². The molecule has 112 valence electrons. The molecule has 5 nitrogen and oxygen atoms in total. The van der Waals surface area contributed by atoms with Gasteiger partial charge < -0.3 is 24.7 Å². The van der Waals surface area contributed by atoms with Crippen molar-refractivity contribution in [3.8, 4) is 5.75 Å². The highest BCUT2D eigenvalue weighted by Gasteiger charge is 1.94. The van der Waals surface area contributed by atoms with E-state index in [1.807, 2.05) is 12.1 Å². The number of nitrogen functional groups attached to an aromatic ring is 1. The summed E-state index contributed by atoms with van der Waals surface area (Å²) in [7, 11) is 0. The van der Waals surface area contributed by atoms with Crippen molar-refractivity contribution in [2.24, 2.45) is 0 Å². The van der Waals surface area contributed by atoms with Crippen LogP contribution in [-0.2, 0) is 14.2 Å². The van der Waals surface area contributed by atoms with Crippen LogP contribution in [0.25, 0.3) is 0 Å². The number of anilines is 1. The van der Waals surface area contributed by atoms with Crippen LogP contribution in [-0.4, -0.2) is 46.2 Å². The molecule has 0 aliphatic rings. The van der Waals surface area contributed by atoms with Crippen molar-refractivity contribution in [2.45, 2.75) is 0 Å². The van der Waals surface area contributed by atoms with Crippen LogP contribution in [0.4, 0.5) is 5.69 Å². The van der Waals surface area contributed by atoms with E-state index < -0.39 is 0 Å². The van der Waals surface area contributed by atoms with E-state index in [2.05, 4.69) is 6.58 Å². The monoisotopic (exact) mass is 281 g/mol. The zero-order valence-corrected chi connectivity index (χ0v) is 11.8. The van der Waals surface area contributed by atoms with E-state index in [0.29, 0.717) is 46.2 Å². The Balaban J connectivity index is 1.85. The summed E-state index contributed by atoms with van der Waals surface area (Å²) in [4.78, 5) is 0. The topological polar surface area (TPSA) is 62.9 Å². The molecule has 20 heavy (non-hydrogen) atoms. The maximum Gasteiger partial charge on any atom is 0.119 e. The van der Waals surface area contributed by atoms with Crippen LogP contribution in [0.5, 0.6) is 5.75 Å². The maximum atomic E-state index is 5.58. The Morgan fingerprint density at radius 1 is 0.850 bits per heavy atom. The van der Waals surface area contributed by atoms with Gasteiger partial charge in [0.25, 0.3) is 0 Å². The molecule has 0 fully saturated rings. The van der Waals surface area contributed by atoms with Gasteiger partial charge in [-0.05, 0) is 24.3 Å². The molecule has 0 bridgehead atoms. The van der Waals surface area contributed by atoms with E-state index in [4.69, 9.17) is 24.7 Å². The predicted molar refractivity (Wildman–Crippen MR) is 79.0 cm³/mol. The molecule has 0 aromatic heterocycles. The quantitative estimate of drug-likeness (QED) is 0.360. The van der Waals surface area contributed by atoms with Gasteiger partial charge in [0.2, 0.25) is 0 Å². The highest BCUT2D eigenvalue weighted by molar-refractivity contribution is 5.41. The summed E-state index contributed by atoms with van der Waals surface area (Å²) in [5.74, 6) is 0.790. The Bertz CT molecular complexity index is 353. The molecule has 0 saturated heterocycles. The summed E-state index contributed by atoms with van der Waals surface area (Å²) in [6.07, 6.45) is 1.71. The number of benzene rings is 1. The Morgan fingerprint density at radius 3 is 2.00 bits per heavy atom. The molecule has 0 saturated carbocycles. The number of hydrogen-bond acceptors (Lipinski definition) is 5. The fourth-order valence-electron chi connectivity index (χ4n) is 1.39. The van der Waals surface area contributed by atoms with Crippen LogP contribution >= 0.6 is 0 Å². The van der Waals surface area contributed by atoms with Gasteiger partial charge in [0, 0.05) is 5.69 Å². The SMILES string of the molecule is C=CCOCCOCCOCCOc1ccc(N)cc1. The molecule has 0 spiro atoms. The van der Waals surface area contributed by atoms with Crippen molar-refractivity contribution in [1.82, 2.24) is 0 Å². The van der Waals surface area contributed by atoms with E-state index >= 15 is 0 Å². The minimum atomic E-state index is 0.506. The molecular weight excluding hydrogens is 258 g/mol. The van der Waals surface area contributed by atoms with E-state index in [0.717, 1.165) is 11.4 Å². The molecule has 1 aromatic rings. The van der Waals surface area contributed by atoms with Gasteiger partial charge in [-0.15, -0.1) is 6.58 Å². The van der Waals surface area contributed by atoms with E-state index in [9.17, 15) is 0 Å². The second-order valence-electron chi connectivity index (χ2n) is 4.01. The molecule has 0 amide bonds. The Morgan fingerprint density at radius 2 is 1.40 bits per heavy atom. The van der Waals surface area contributed by atoms with E-state index in [1.165, 1.54) is 0 Å². The van der Waals surface area contributed by atoms with Crippen molar-refractivity contribution in [3.63, 3.8) is 0 Å². The van der Waals surface area contributed by atoms with Gasteiger partial charge in [0.05, 0.1) is 39.6 Å². The zero-order chi connectivity index (χ0) is 14.5. The Labute approximate surface area is 120 Å². The maximum absolute atomic E-state index is 5.58. The van der Waals surface area contributed by atoms with Crippen LogP contribution in [0.3, 0.4) is 0 Å². The number of nitrogens with two attached hydrogens (primary N) is 1. The molecule has 0 heterocycles. The summed E-state index contributed by atoms with van der Waals surface area (Å²) in [6.45, 7) is 7.40. The standard InChI is InChI=1S/C15H23NO4/c1-2-7-17-8-9-18-10-11-19-12-13-20-15-5-3-14(16)4-6-15/h2-6H,1,7-13,16H2. The average molecular weight is 281 g/mol. The van der Waals surface area contributed by atoms with Crippen molar-refractivity contribution in [3.05, 3.63) is 36.9 Å². The molecule has 5 heteroatoms. The minimum absolute atomic E-state index is 0.506. The fraction of sp³-hybridized carbons (Fsp3) is 0.467. The molecular formula is C15H23NO4. The van der Waals surface area contributed by atoms with Crippen LogP contribution in [0.1, 0.15) is 0 Å². The highest BCUT2D eigenvalue weighted by Crippen LogP contribution is 2.12. The first kappa shape index (κ1) is 16.5. The molecule has 0 aliphatic heterocycles. The molecule has 0 aliphatic carbocycles.